The Bertz CT molecular complexity index is 6070. The number of likely N-dealkylation sites (N-methyl/N-ethyl adjacent to an activating group) is 3. The van der Waals surface area contributed by atoms with Gasteiger partial charge in [0.05, 0.1) is 44.8 Å². The topological polar surface area (TPSA) is 323 Å². The number of carbonyl (C=O) groups excluding carboxylic acids is 5. The molecule has 0 saturated heterocycles. The molecule has 0 bridgehead atoms. The Kier molecular flexibility index (Phi) is 33.6. The monoisotopic (exact) mass is 1890 g/mol. The van der Waals surface area contributed by atoms with Gasteiger partial charge in [0.25, 0.3) is 5.91 Å². The van der Waals surface area contributed by atoms with Crippen LogP contribution in [0.1, 0.15) is 202 Å². The highest BCUT2D eigenvalue weighted by Gasteiger charge is 2.41. The highest BCUT2D eigenvalue weighted by molar-refractivity contribution is 7.89. The fourth-order valence-corrected chi connectivity index (χ4v) is 19.3. The van der Waals surface area contributed by atoms with Crippen molar-refractivity contribution in [3.05, 3.63) is 276 Å². The molecule has 700 valence electrons. The standard InChI is InChI=1S/C32H32F4N2O7S.C30H31F4N3O5S.C30H30F4N2O5S/c1-18-27(33)29(35)31(30(36)28(18)34)46(43,44)37(3)17-26(40)38(23-13-14-24(32(41)42)25(15-23)45-19(2)39)16-20-9-11-22(12-10-20)21-7-5-4-6-8-21;1-18-25(31)27(33)29(28(34)26(18)32)43(41,42)36(2)17-24(38)37(23-14-12-22(13-15-23)30(39)35-40)16-19-8-10-21(11-9-19)20-6-4-3-5-7-20;1-18-25(31)27(33)29(28(34)26(18)32)42(40,41)35(2)17-24(37)36(23-14-12-22(13-15-23)30(38)39)16-19-8-10-21(11-9-19)20-6-4-3-5-7-20/h9-15,21H,4-8,16-17H2,1-3H3,(H,41,42);8-15,20,40H,3-7,16-17H2,1-2H3,(H,35,39);8-15,20H,3-7,16-17H2,1-2H3,(H,38,39). The van der Waals surface area contributed by atoms with E-state index in [1.54, 1.807) is 12.1 Å². The maximum Gasteiger partial charge on any atom is 0.339 e. The number of nitrogens with zero attached hydrogens (tertiary/aromatic N) is 6. The van der Waals surface area contributed by atoms with Crippen LogP contribution in [0.25, 0.3) is 0 Å². The smallest absolute Gasteiger partial charge is 0.339 e. The minimum atomic E-state index is -5.30. The van der Waals surface area contributed by atoms with E-state index in [2.05, 4.69) is 0 Å². The first-order valence-electron chi connectivity index (χ1n) is 41.3. The summed E-state index contributed by atoms with van der Waals surface area (Å²) in [5, 5.41) is 27.7. The summed E-state index contributed by atoms with van der Waals surface area (Å²) in [6.07, 6.45) is 17.0. The van der Waals surface area contributed by atoms with Gasteiger partial charge in [-0.2, -0.15) is 12.9 Å². The molecular formula is C92H93F12N7O17S3. The number of benzene rings is 9. The predicted octanol–water partition coefficient (Wildman–Crippen LogP) is 17.8. The number of rotatable bonds is 28. The second-order valence-corrected chi connectivity index (χ2v) is 37.9. The molecule has 0 atom stereocenters. The Morgan fingerprint density at radius 2 is 0.618 bits per heavy atom. The normalized spacial score (nSPS) is 14.1. The van der Waals surface area contributed by atoms with E-state index >= 15 is 0 Å². The third-order valence-corrected chi connectivity index (χ3v) is 28.7. The summed E-state index contributed by atoms with van der Waals surface area (Å²) >= 11 is 0. The molecule has 3 saturated carbocycles. The minimum absolute atomic E-state index is 0.00168. The quantitative estimate of drug-likeness (QED) is 0.00884. The molecule has 9 aromatic carbocycles. The number of carbonyl (C=O) groups is 7. The number of hydroxylamine groups is 1. The molecule has 0 spiro atoms. The largest absolute Gasteiger partial charge is 0.478 e. The molecule has 0 aliphatic heterocycles. The van der Waals surface area contributed by atoms with Gasteiger partial charge in [-0.3, -0.25) is 29.2 Å². The highest BCUT2D eigenvalue weighted by Crippen LogP contribution is 2.40. The molecule has 12 rings (SSSR count). The van der Waals surface area contributed by atoms with Crippen molar-refractivity contribution >= 4 is 88.7 Å². The Morgan fingerprint density at radius 3 is 0.870 bits per heavy atom. The van der Waals surface area contributed by atoms with E-state index in [1.165, 1.54) is 100 Å². The average molecular weight is 1890 g/mol. The molecule has 0 unspecified atom stereocenters. The van der Waals surface area contributed by atoms with E-state index in [9.17, 15) is 122 Å². The molecule has 24 nitrogen and oxygen atoms in total. The van der Waals surface area contributed by atoms with Gasteiger partial charge in [-0.1, -0.05) is 131 Å². The Hall–Kier alpha value is -11.9. The first-order valence-corrected chi connectivity index (χ1v) is 45.6. The van der Waals surface area contributed by atoms with Crippen LogP contribution in [0.15, 0.2) is 154 Å². The molecule has 4 amide bonds. The van der Waals surface area contributed by atoms with Crippen LogP contribution in [0.5, 0.6) is 5.75 Å². The molecule has 0 radical (unpaired) electrons. The third kappa shape index (κ3) is 23.4. The Labute approximate surface area is 748 Å². The van der Waals surface area contributed by atoms with Gasteiger partial charge in [0.1, 0.15) is 11.3 Å². The molecule has 131 heavy (non-hydrogen) atoms. The van der Waals surface area contributed by atoms with Gasteiger partial charge < -0.3 is 29.6 Å². The first kappa shape index (κ1) is 101. The number of esters is 1. The zero-order chi connectivity index (χ0) is 96.2. The lowest BCUT2D eigenvalue weighted by Crippen LogP contribution is -2.41. The first-order chi connectivity index (χ1) is 61.8. The summed E-state index contributed by atoms with van der Waals surface area (Å²) in [6.45, 7) is 0.0911. The van der Waals surface area contributed by atoms with E-state index in [1.807, 2.05) is 60.7 Å². The third-order valence-electron chi connectivity index (χ3n) is 23.2. The summed E-state index contributed by atoms with van der Waals surface area (Å²) in [6, 6.07) is 36.9. The number of amides is 4. The summed E-state index contributed by atoms with van der Waals surface area (Å²) in [5.41, 5.74) is 3.96. The average Bonchev–Trinajstić information content (AvgIpc) is 0.764. The van der Waals surface area contributed by atoms with Gasteiger partial charge in [0, 0.05) is 73.4 Å². The minimum Gasteiger partial charge on any atom is -0.478 e. The summed E-state index contributed by atoms with van der Waals surface area (Å²) in [4.78, 5) is 85.1. The van der Waals surface area contributed by atoms with E-state index in [4.69, 9.17) is 9.94 Å². The number of ether oxygens (including phenoxy) is 1. The van der Waals surface area contributed by atoms with Gasteiger partial charge in [0.2, 0.25) is 47.8 Å². The molecule has 3 aliphatic rings. The van der Waals surface area contributed by atoms with Gasteiger partial charge in [-0.15, -0.1) is 0 Å². The van der Waals surface area contributed by atoms with Crippen molar-refractivity contribution in [3.8, 4) is 5.75 Å². The molecular weight excluding hydrogens is 1800 g/mol. The van der Waals surface area contributed by atoms with Crippen molar-refractivity contribution < 1.29 is 132 Å². The van der Waals surface area contributed by atoms with Crippen LogP contribution in [0, 0.1) is 90.6 Å². The Balaban J connectivity index is 0.000000204. The van der Waals surface area contributed by atoms with Crippen LogP contribution in [-0.4, -0.2) is 136 Å². The van der Waals surface area contributed by atoms with E-state index in [-0.39, 0.29) is 52.1 Å². The molecule has 3 fully saturated rings. The van der Waals surface area contributed by atoms with Crippen LogP contribution < -0.4 is 24.9 Å². The predicted molar refractivity (Wildman–Crippen MR) is 457 cm³/mol. The SMILES string of the molecule is CC(=O)Oc1cc(N(Cc2ccc(C3CCCCC3)cc2)C(=O)CN(C)S(=O)(=O)c2c(F)c(F)c(C)c(F)c2F)ccc1C(=O)O.Cc1c(F)c(F)c(S(=O)(=O)N(C)CC(=O)N(Cc2ccc(C3CCCCC3)cc2)c2ccc(C(=O)NO)cc2)c(F)c1F.Cc1c(F)c(F)c(S(=O)(=O)N(C)CC(=O)N(Cc2ccc(C3CCCCC3)cc2)c2ccc(C(=O)O)cc2)c(F)c1F. The Morgan fingerprint density at radius 1 is 0.359 bits per heavy atom. The molecule has 4 N–H and O–H groups in total. The fourth-order valence-electron chi connectivity index (χ4n) is 15.6. The van der Waals surface area contributed by atoms with Gasteiger partial charge >= 0.3 is 17.9 Å². The number of carboxylic acid groups (broad SMARTS) is 2. The lowest BCUT2D eigenvalue weighted by atomic mass is 9.84. The zero-order valence-electron chi connectivity index (χ0n) is 71.9. The second kappa shape index (κ2) is 43.4. The van der Waals surface area contributed by atoms with Crippen molar-refractivity contribution in [3.63, 3.8) is 0 Å². The number of aromatic carboxylic acids is 2. The van der Waals surface area contributed by atoms with Gasteiger partial charge in [0.15, 0.2) is 84.5 Å². The second-order valence-electron chi connectivity index (χ2n) is 32.0. The van der Waals surface area contributed by atoms with Crippen molar-refractivity contribution in [1.29, 1.82) is 0 Å². The molecule has 0 aromatic heterocycles. The number of hydrogen-bond donors (Lipinski definition) is 4. The van der Waals surface area contributed by atoms with Crippen LogP contribution in [0.3, 0.4) is 0 Å². The number of carboxylic acids is 2. The highest BCUT2D eigenvalue weighted by atomic mass is 32.2. The summed E-state index contributed by atoms with van der Waals surface area (Å²) in [7, 11) is -13.2. The molecule has 39 heteroatoms. The summed E-state index contributed by atoms with van der Waals surface area (Å²) in [5.74, 6) is -29.9. The number of nitrogens with one attached hydrogen (secondary N) is 1. The van der Waals surface area contributed by atoms with Crippen molar-refractivity contribution in [2.75, 3.05) is 55.5 Å². The van der Waals surface area contributed by atoms with E-state index < -0.39 is 204 Å². The zero-order valence-corrected chi connectivity index (χ0v) is 74.3. The van der Waals surface area contributed by atoms with E-state index in [0.717, 1.165) is 148 Å². The van der Waals surface area contributed by atoms with Crippen LogP contribution in [-0.2, 0) is 68.9 Å². The van der Waals surface area contributed by atoms with Gasteiger partial charge in [-0.05, 0) is 171 Å². The number of hydrogen-bond acceptors (Lipinski definition) is 15. The lowest BCUT2D eigenvalue weighted by Gasteiger charge is -2.27. The summed E-state index contributed by atoms with van der Waals surface area (Å²) < 4.78 is 257. The number of anilines is 3. The van der Waals surface area contributed by atoms with Crippen molar-refractivity contribution in [2.24, 2.45) is 0 Å². The fraction of sp³-hybridized carbons (Fsp3) is 0.337. The molecule has 0 heterocycles. The van der Waals surface area contributed by atoms with Gasteiger partial charge in [-0.25, -0.2) is 93.0 Å². The number of sulfonamides is 3. The maximum absolute atomic E-state index is 14.7. The molecule has 9 aromatic rings. The van der Waals surface area contributed by atoms with Crippen LogP contribution >= 0.6 is 0 Å². The number of halogens is 12. The van der Waals surface area contributed by atoms with Crippen molar-refractivity contribution in [1.82, 2.24) is 18.4 Å². The maximum atomic E-state index is 14.7. The van der Waals surface area contributed by atoms with E-state index in [0.29, 0.717) is 43.1 Å². The lowest BCUT2D eigenvalue weighted by molar-refractivity contribution is -0.132. The van der Waals surface area contributed by atoms with Crippen molar-refractivity contribution in [2.45, 2.75) is 176 Å². The van der Waals surface area contributed by atoms with Crippen LogP contribution in [0.2, 0.25) is 0 Å². The van der Waals surface area contributed by atoms with Crippen LogP contribution in [0.4, 0.5) is 69.7 Å². The molecule has 3 aliphatic carbocycles.